The first-order valence-corrected chi connectivity index (χ1v) is 7.44. The molecule has 0 saturated carbocycles. The van der Waals surface area contributed by atoms with Gasteiger partial charge < -0.3 is 5.32 Å². The number of benzene rings is 2. The van der Waals surface area contributed by atoms with Crippen LogP contribution in [0.1, 0.15) is 6.92 Å². The molecule has 0 spiro atoms. The van der Waals surface area contributed by atoms with E-state index in [1.165, 1.54) is 19.1 Å². The molecule has 0 aliphatic carbocycles. The van der Waals surface area contributed by atoms with Gasteiger partial charge in [0.1, 0.15) is 0 Å². The van der Waals surface area contributed by atoms with Crippen LogP contribution in [0, 0.1) is 0 Å². The molecule has 0 aliphatic rings. The summed E-state index contributed by atoms with van der Waals surface area (Å²) in [7, 11) is 1.52. The Hall–Kier alpha value is -1.59. The van der Waals surface area contributed by atoms with Gasteiger partial charge in [-0.1, -0.05) is 18.2 Å². The van der Waals surface area contributed by atoms with Crippen molar-refractivity contribution in [3.05, 3.63) is 36.4 Å². The highest BCUT2D eigenvalue weighted by Gasteiger charge is 2.11. The first-order valence-electron chi connectivity index (χ1n) is 5.13. The predicted octanol–water partition coefficient (Wildman–Crippen LogP) is 2.73. The molecule has 0 fully saturated rings. The Bertz CT molecular complexity index is 725. The SMILES string of the molecule is CC(=O)Nc1cccc2ccc(S(=O)(=O)Cl)cc12. The molecule has 0 aromatic heterocycles. The van der Waals surface area contributed by atoms with Gasteiger partial charge in [-0.3, -0.25) is 4.79 Å². The first-order chi connectivity index (χ1) is 8.38. The van der Waals surface area contributed by atoms with Crippen LogP contribution in [0.4, 0.5) is 5.69 Å². The fourth-order valence-electron chi connectivity index (χ4n) is 1.70. The van der Waals surface area contributed by atoms with E-state index in [1.54, 1.807) is 18.2 Å². The molecule has 18 heavy (non-hydrogen) atoms. The van der Waals surface area contributed by atoms with Crippen molar-refractivity contribution in [2.75, 3.05) is 5.32 Å². The van der Waals surface area contributed by atoms with Gasteiger partial charge in [-0.2, -0.15) is 0 Å². The van der Waals surface area contributed by atoms with Crippen LogP contribution in [-0.4, -0.2) is 14.3 Å². The van der Waals surface area contributed by atoms with Gasteiger partial charge in [0.2, 0.25) is 5.91 Å². The second kappa shape index (κ2) is 4.59. The average molecular weight is 284 g/mol. The van der Waals surface area contributed by atoms with Crippen LogP contribution in [-0.2, 0) is 13.8 Å². The van der Waals surface area contributed by atoms with Crippen molar-refractivity contribution in [3.63, 3.8) is 0 Å². The van der Waals surface area contributed by atoms with E-state index in [0.29, 0.717) is 11.1 Å². The molecular formula is C12H10ClNO3S. The van der Waals surface area contributed by atoms with Crippen molar-refractivity contribution < 1.29 is 13.2 Å². The fraction of sp³-hybridized carbons (Fsp3) is 0.0833. The smallest absolute Gasteiger partial charge is 0.261 e. The highest BCUT2D eigenvalue weighted by Crippen LogP contribution is 2.27. The summed E-state index contributed by atoms with van der Waals surface area (Å²) in [6, 6.07) is 9.84. The lowest BCUT2D eigenvalue weighted by atomic mass is 10.1. The minimum absolute atomic E-state index is 0.00877. The molecule has 0 aliphatic heterocycles. The molecule has 2 aromatic rings. The molecule has 0 saturated heterocycles. The zero-order valence-electron chi connectivity index (χ0n) is 9.48. The monoisotopic (exact) mass is 283 g/mol. The third-order valence-corrected chi connectivity index (χ3v) is 3.80. The summed E-state index contributed by atoms with van der Waals surface area (Å²) in [5.41, 5.74) is 0.558. The predicted molar refractivity (Wildman–Crippen MR) is 71.3 cm³/mol. The van der Waals surface area contributed by atoms with E-state index in [2.05, 4.69) is 5.32 Å². The van der Waals surface area contributed by atoms with Crippen molar-refractivity contribution in [1.82, 2.24) is 0 Å². The van der Waals surface area contributed by atoms with Crippen molar-refractivity contribution >= 4 is 42.1 Å². The molecule has 6 heteroatoms. The molecule has 0 radical (unpaired) electrons. The van der Waals surface area contributed by atoms with Gasteiger partial charge in [0.05, 0.1) is 4.90 Å². The zero-order valence-corrected chi connectivity index (χ0v) is 11.0. The van der Waals surface area contributed by atoms with E-state index >= 15 is 0 Å². The number of hydrogen-bond donors (Lipinski definition) is 1. The number of halogens is 1. The van der Waals surface area contributed by atoms with Gasteiger partial charge in [-0.05, 0) is 23.6 Å². The molecular weight excluding hydrogens is 274 g/mol. The quantitative estimate of drug-likeness (QED) is 0.862. The summed E-state index contributed by atoms with van der Waals surface area (Å²) in [4.78, 5) is 11.1. The van der Waals surface area contributed by atoms with Crippen LogP contribution >= 0.6 is 10.7 Å². The molecule has 1 N–H and O–H groups in total. The number of carbonyl (C=O) groups excluding carboxylic acids is 1. The number of rotatable bonds is 2. The topological polar surface area (TPSA) is 63.2 Å². The van der Waals surface area contributed by atoms with E-state index in [0.717, 1.165) is 5.39 Å². The highest BCUT2D eigenvalue weighted by atomic mass is 35.7. The summed E-state index contributed by atoms with van der Waals surface area (Å²) in [6.07, 6.45) is 0. The maximum Gasteiger partial charge on any atom is 0.261 e. The molecule has 0 bridgehead atoms. The Morgan fingerprint density at radius 2 is 1.94 bits per heavy atom. The highest BCUT2D eigenvalue weighted by molar-refractivity contribution is 8.13. The van der Waals surface area contributed by atoms with Crippen LogP contribution in [0.2, 0.25) is 0 Å². The first kappa shape index (κ1) is 12.9. The molecule has 0 unspecified atom stereocenters. The summed E-state index contributed by atoms with van der Waals surface area (Å²) < 4.78 is 22.6. The number of carbonyl (C=O) groups is 1. The minimum atomic E-state index is -3.78. The number of nitrogens with one attached hydrogen (secondary N) is 1. The Labute approximate surface area is 109 Å². The van der Waals surface area contributed by atoms with E-state index in [4.69, 9.17) is 10.7 Å². The van der Waals surface area contributed by atoms with Gasteiger partial charge in [0.25, 0.3) is 9.05 Å². The second-order valence-corrected chi connectivity index (χ2v) is 6.37. The fourth-order valence-corrected chi connectivity index (χ4v) is 2.48. The standard InChI is InChI=1S/C12H10ClNO3S/c1-8(15)14-12-4-2-3-9-5-6-10(7-11(9)12)18(13,16)17/h2-7H,1H3,(H,14,15). The number of amides is 1. The average Bonchev–Trinajstić information content (AvgIpc) is 2.27. The normalized spacial score (nSPS) is 11.4. The van der Waals surface area contributed by atoms with Gasteiger partial charge in [0.15, 0.2) is 0 Å². The number of fused-ring (bicyclic) bond motifs is 1. The summed E-state index contributed by atoms with van der Waals surface area (Å²) in [5, 5.41) is 4.11. The summed E-state index contributed by atoms with van der Waals surface area (Å²) in [6.45, 7) is 1.39. The Morgan fingerprint density at radius 3 is 2.56 bits per heavy atom. The zero-order chi connectivity index (χ0) is 13.3. The largest absolute Gasteiger partial charge is 0.326 e. The minimum Gasteiger partial charge on any atom is -0.326 e. The van der Waals surface area contributed by atoms with E-state index in [1.807, 2.05) is 6.07 Å². The molecule has 2 aromatic carbocycles. The van der Waals surface area contributed by atoms with Gasteiger partial charge in [-0.15, -0.1) is 0 Å². The Kier molecular flexibility index (Phi) is 3.28. The lowest BCUT2D eigenvalue weighted by Gasteiger charge is -2.07. The van der Waals surface area contributed by atoms with Gasteiger partial charge >= 0.3 is 0 Å². The molecule has 0 atom stereocenters. The van der Waals surface area contributed by atoms with E-state index < -0.39 is 9.05 Å². The van der Waals surface area contributed by atoms with Crippen molar-refractivity contribution in [3.8, 4) is 0 Å². The van der Waals surface area contributed by atoms with Crippen molar-refractivity contribution in [1.29, 1.82) is 0 Å². The van der Waals surface area contributed by atoms with Crippen LogP contribution in [0.15, 0.2) is 41.3 Å². The van der Waals surface area contributed by atoms with Gasteiger partial charge in [0, 0.05) is 28.7 Å². The lowest BCUT2D eigenvalue weighted by molar-refractivity contribution is -0.114. The Balaban J connectivity index is 2.69. The third kappa shape index (κ3) is 2.63. The summed E-state index contributed by atoms with van der Waals surface area (Å²) >= 11 is 0. The number of hydrogen-bond acceptors (Lipinski definition) is 3. The number of anilines is 1. The molecule has 1 amide bonds. The van der Waals surface area contributed by atoms with Crippen LogP contribution in [0.25, 0.3) is 10.8 Å². The van der Waals surface area contributed by atoms with E-state index in [9.17, 15) is 13.2 Å². The molecule has 0 heterocycles. The molecule has 2 rings (SSSR count). The molecule has 94 valence electrons. The van der Waals surface area contributed by atoms with Gasteiger partial charge in [-0.25, -0.2) is 8.42 Å². The van der Waals surface area contributed by atoms with Crippen molar-refractivity contribution in [2.24, 2.45) is 0 Å². The second-order valence-electron chi connectivity index (χ2n) is 3.81. The third-order valence-electron chi connectivity index (χ3n) is 2.45. The van der Waals surface area contributed by atoms with E-state index in [-0.39, 0.29) is 10.8 Å². The van der Waals surface area contributed by atoms with Crippen molar-refractivity contribution in [2.45, 2.75) is 11.8 Å². The summed E-state index contributed by atoms with van der Waals surface area (Å²) in [5.74, 6) is -0.221. The van der Waals surface area contributed by atoms with Crippen LogP contribution in [0.3, 0.4) is 0 Å². The Morgan fingerprint density at radius 1 is 1.22 bits per heavy atom. The van der Waals surface area contributed by atoms with Crippen LogP contribution < -0.4 is 5.32 Å². The lowest BCUT2D eigenvalue weighted by Crippen LogP contribution is -2.06. The maximum absolute atomic E-state index is 11.3. The maximum atomic E-state index is 11.3. The van der Waals surface area contributed by atoms with Crippen LogP contribution in [0.5, 0.6) is 0 Å². The molecule has 4 nitrogen and oxygen atoms in total.